The van der Waals surface area contributed by atoms with E-state index < -0.39 is 0 Å². The topological polar surface area (TPSA) is 15.3 Å². The number of hydrogen-bond acceptors (Lipinski definition) is 2. The van der Waals surface area contributed by atoms with Crippen LogP contribution in [0.2, 0.25) is 0 Å². The average molecular weight is 274 g/mol. The molecule has 1 aromatic carbocycles. The molecule has 1 N–H and O–H groups in total. The second kappa shape index (κ2) is 7.12. The van der Waals surface area contributed by atoms with E-state index in [0.29, 0.717) is 12.0 Å². The van der Waals surface area contributed by atoms with Gasteiger partial charge in [-0.3, -0.25) is 0 Å². The van der Waals surface area contributed by atoms with Crippen LogP contribution < -0.4 is 10.2 Å². The van der Waals surface area contributed by atoms with E-state index >= 15 is 0 Å². The summed E-state index contributed by atoms with van der Waals surface area (Å²) in [7, 11) is 0. The number of hydrogen-bond donors (Lipinski definition) is 1. The highest BCUT2D eigenvalue weighted by molar-refractivity contribution is 5.50. The number of nitrogens with one attached hydrogen (secondary N) is 1. The van der Waals surface area contributed by atoms with Gasteiger partial charge in [-0.2, -0.15) is 0 Å². The molecule has 2 heteroatoms. The van der Waals surface area contributed by atoms with Crippen molar-refractivity contribution in [3.05, 3.63) is 29.8 Å². The van der Waals surface area contributed by atoms with Crippen LogP contribution in [0.4, 0.5) is 5.69 Å². The van der Waals surface area contributed by atoms with E-state index in [1.165, 1.54) is 30.5 Å². The van der Waals surface area contributed by atoms with Gasteiger partial charge in [0.05, 0.1) is 0 Å². The first kappa shape index (κ1) is 15.4. The normalized spacial score (nSPS) is 22.8. The molecule has 0 spiro atoms. The minimum Gasteiger partial charge on any atom is -0.366 e. The largest absolute Gasteiger partial charge is 0.366 e. The quantitative estimate of drug-likeness (QED) is 0.836. The summed E-state index contributed by atoms with van der Waals surface area (Å²) in [6.45, 7) is 11.2. The predicted octanol–water partition coefficient (Wildman–Crippen LogP) is 4.20. The SMILES string of the molecule is CCC1CCC(C)N1c1ccc(CNCC(C)C)cc1. The molecule has 2 nitrogen and oxygen atoms in total. The Kier molecular flexibility index (Phi) is 5.47. The van der Waals surface area contributed by atoms with Crippen LogP contribution in [-0.2, 0) is 6.54 Å². The molecule has 1 aliphatic heterocycles. The van der Waals surface area contributed by atoms with Crippen molar-refractivity contribution in [2.75, 3.05) is 11.4 Å². The van der Waals surface area contributed by atoms with Crippen molar-refractivity contribution in [3.63, 3.8) is 0 Å². The van der Waals surface area contributed by atoms with Gasteiger partial charge in [0.15, 0.2) is 0 Å². The monoisotopic (exact) mass is 274 g/mol. The molecule has 20 heavy (non-hydrogen) atoms. The van der Waals surface area contributed by atoms with Crippen molar-refractivity contribution in [2.45, 2.75) is 65.6 Å². The average Bonchev–Trinajstić information content (AvgIpc) is 2.80. The molecule has 1 saturated heterocycles. The first-order chi connectivity index (χ1) is 9.61. The van der Waals surface area contributed by atoms with E-state index in [1.807, 2.05) is 0 Å². The van der Waals surface area contributed by atoms with E-state index in [-0.39, 0.29) is 0 Å². The zero-order chi connectivity index (χ0) is 14.5. The molecule has 2 rings (SSSR count). The van der Waals surface area contributed by atoms with Gasteiger partial charge in [0.2, 0.25) is 0 Å². The van der Waals surface area contributed by atoms with E-state index in [0.717, 1.165) is 19.1 Å². The van der Waals surface area contributed by atoms with Gasteiger partial charge in [-0.05, 0) is 56.3 Å². The Labute approximate surface area is 124 Å². The Hall–Kier alpha value is -1.02. The van der Waals surface area contributed by atoms with E-state index in [1.54, 1.807) is 0 Å². The van der Waals surface area contributed by atoms with Gasteiger partial charge in [-0.15, -0.1) is 0 Å². The third-order valence-electron chi connectivity index (χ3n) is 4.37. The standard InChI is InChI=1S/C18H30N2/c1-5-17-9-6-15(4)20(17)18-10-7-16(8-11-18)13-19-12-14(2)3/h7-8,10-11,14-15,17,19H,5-6,9,12-13H2,1-4H3. The van der Waals surface area contributed by atoms with Crippen molar-refractivity contribution in [3.8, 4) is 0 Å². The van der Waals surface area contributed by atoms with Crippen molar-refractivity contribution in [2.24, 2.45) is 5.92 Å². The first-order valence-corrected chi connectivity index (χ1v) is 8.19. The van der Waals surface area contributed by atoms with Crippen LogP contribution in [0.1, 0.15) is 52.5 Å². The molecule has 2 atom stereocenters. The Morgan fingerprint density at radius 3 is 2.50 bits per heavy atom. The summed E-state index contributed by atoms with van der Waals surface area (Å²) >= 11 is 0. The lowest BCUT2D eigenvalue weighted by atomic mass is 10.1. The summed E-state index contributed by atoms with van der Waals surface area (Å²) in [6, 6.07) is 10.6. The van der Waals surface area contributed by atoms with Crippen molar-refractivity contribution < 1.29 is 0 Å². The van der Waals surface area contributed by atoms with E-state index in [2.05, 4.69) is 62.2 Å². The molecule has 0 radical (unpaired) electrons. The summed E-state index contributed by atoms with van der Waals surface area (Å²) in [5.41, 5.74) is 2.78. The lowest BCUT2D eigenvalue weighted by molar-refractivity contribution is 0.552. The molecule has 1 aromatic rings. The van der Waals surface area contributed by atoms with E-state index in [9.17, 15) is 0 Å². The second-order valence-corrected chi connectivity index (χ2v) is 6.59. The lowest BCUT2D eigenvalue weighted by Gasteiger charge is -2.30. The van der Waals surface area contributed by atoms with Gasteiger partial charge in [0.25, 0.3) is 0 Å². The third-order valence-corrected chi connectivity index (χ3v) is 4.37. The molecule has 1 aliphatic rings. The third kappa shape index (κ3) is 3.76. The van der Waals surface area contributed by atoms with Crippen molar-refractivity contribution in [1.82, 2.24) is 5.32 Å². The van der Waals surface area contributed by atoms with Gasteiger partial charge in [-0.25, -0.2) is 0 Å². The van der Waals surface area contributed by atoms with Crippen LogP contribution in [0.15, 0.2) is 24.3 Å². The number of nitrogens with zero attached hydrogens (tertiary/aromatic N) is 1. The molecule has 0 bridgehead atoms. The van der Waals surface area contributed by atoms with Gasteiger partial charge >= 0.3 is 0 Å². The highest BCUT2D eigenvalue weighted by Gasteiger charge is 2.29. The molecule has 0 aromatic heterocycles. The molecule has 2 unspecified atom stereocenters. The molecular weight excluding hydrogens is 244 g/mol. The molecule has 1 heterocycles. The minimum absolute atomic E-state index is 0.685. The Balaban J connectivity index is 1.97. The van der Waals surface area contributed by atoms with Gasteiger partial charge in [0, 0.05) is 24.3 Å². The maximum atomic E-state index is 3.51. The lowest BCUT2D eigenvalue weighted by Crippen LogP contribution is -2.34. The van der Waals surface area contributed by atoms with E-state index in [4.69, 9.17) is 0 Å². The van der Waals surface area contributed by atoms with Gasteiger partial charge in [0.1, 0.15) is 0 Å². The van der Waals surface area contributed by atoms with Crippen LogP contribution in [-0.4, -0.2) is 18.6 Å². The number of benzene rings is 1. The van der Waals surface area contributed by atoms with Gasteiger partial charge in [-0.1, -0.05) is 32.9 Å². The minimum atomic E-state index is 0.685. The fourth-order valence-corrected chi connectivity index (χ4v) is 3.23. The number of rotatable bonds is 6. The molecule has 112 valence electrons. The highest BCUT2D eigenvalue weighted by Crippen LogP contribution is 2.31. The summed E-state index contributed by atoms with van der Waals surface area (Å²) in [5.74, 6) is 0.713. The fraction of sp³-hybridized carbons (Fsp3) is 0.667. The van der Waals surface area contributed by atoms with Crippen LogP contribution >= 0.6 is 0 Å². The number of anilines is 1. The molecule has 0 saturated carbocycles. The highest BCUT2D eigenvalue weighted by atomic mass is 15.2. The first-order valence-electron chi connectivity index (χ1n) is 8.19. The van der Waals surface area contributed by atoms with Crippen LogP contribution in [0.5, 0.6) is 0 Å². The van der Waals surface area contributed by atoms with Crippen LogP contribution in [0, 0.1) is 5.92 Å². The Morgan fingerprint density at radius 1 is 1.20 bits per heavy atom. The zero-order valence-corrected chi connectivity index (χ0v) is 13.5. The summed E-state index contributed by atoms with van der Waals surface area (Å²) in [6.07, 6.45) is 3.92. The summed E-state index contributed by atoms with van der Waals surface area (Å²) in [4.78, 5) is 2.62. The summed E-state index contributed by atoms with van der Waals surface area (Å²) in [5, 5.41) is 3.51. The maximum absolute atomic E-state index is 3.51. The van der Waals surface area contributed by atoms with Gasteiger partial charge < -0.3 is 10.2 Å². The molecule has 0 aliphatic carbocycles. The Bertz CT molecular complexity index is 396. The second-order valence-electron chi connectivity index (χ2n) is 6.59. The predicted molar refractivity (Wildman–Crippen MR) is 88.2 cm³/mol. The smallest absolute Gasteiger partial charge is 0.0371 e. The van der Waals surface area contributed by atoms with Crippen molar-refractivity contribution >= 4 is 5.69 Å². The fourth-order valence-electron chi connectivity index (χ4n) is 3.23. The Morgan fingerprint density at radius 2 is 1.90 bits per heavy atom. The van der Waals surface area contributed by atoms with Crippen LogP contribution in [0.25, 0.3) is 0 Å². The molecule has 1 fully saturated rings. The van der Waals surface area contributed by atoms with Crippen molar-refractivity contribution in [1.29, 1.82) is 0 Å². The molecular formula is C18H30N2. The molecule has 0 amide bonds. The summed E-state index contributed by atoms with van der Waals surface area (Å²) < 4.78 is 0. The van der Waals surface area contributed by atoms with Crippen LogP contribution in [0.3, 0.4) is 0 Å². The zero-order valence-electron chi connectivity index (χ0n) is 13.5. The maximum Gasteiger partial charge on any atom is 0.0371 e.